The molecule has 1 aromatic heterocycles. The van der Waals surface area contributed by atoms with Gasteiger partial charge in [0.2, 0.25) is 5.91 Å². The van der Waals surface area contributed by atoms with Crippen molar-refractivity contribution in [2.75, 3.05) is 0 Å². The second-order valence-electron chi connectivity index (χ2n) is 5.46. The third-order valence-electron chi connectivity index (χ3n) is 3.45. The van der Waals surface area contributed by atoms with Crippen LogP contribution < -0.4 is 5.56 Å². The molecule has 0 radical (unpaired) electrons. The second kappa shape index (κ2) is 5.49. The first kappa shape index (κ1) is 14.3. The van der Waals surface area contributed by atoms with Gasteiger partial charge in [-0.05, 0) is 43.9 Å². The minimum Gasteiger partial charge on any atom is -0.336 e. The lowest BCUT2D eigenvalue weighted by molar-refractivity contribution is -0.131. The van der Waals surface area contributed by atoms with Crippen LogP contribution in [0.25, 0.3) is 10.9 Å². The predicted molar refractivity (Wildman–Crippen MR) is 80.7 cm³/mol. The first-order valence-corrected chi connectivity index (χ1v) is 6.78. The van der Waals surface area contributed by atoms with Crippen LogP contribution in [0.5, 0.6) is 0 Å². The molecule has 4 nitrogen and oxygen atoms in total. The van der Waals surface area contributed by atoms with Crippen LogP contribution >= 0.6 is 0 Å². The van der Waals surface area contributed by atoms with E-state index in [4.69, 9.17) is 0 Å². The van der Waals surface area contributed by atoms with E-state index in [-0.39, 0.29) is 17.5 Å². The van der Waals surface area contributed by atoms with Crippen molar-refractivity contribution in [2.24, 2.45) is 0 Å². The average Bonchev–Trinajstić information content (AvgIpc) is 2.35. The van der Waals surface area contributed by atoms with Crippen molar-refractivity contribution in [3.8, 4) is 0 Å². The molecule has 0 saturated carbocycles. The largest absolute Gasteiger partial charge is 0.336 e. The number of carbonyl (C=O) groups excluding carboxylic acids is 1. The summed E-state index contributed by atoms with van der Waals surface area (Å²) in [6, 6.07) is 7.88. The van der Waals surface area contributed by atoms with Gasteiger partial charge in [0.05, 0.1) is 6.54 Å². The summed E-state index contributed by atoms with van der Waals surface area (Å²) in [7, 11) is 0. The monoisotopic (exact) mass is 272 g/mol. The van der Waals surface area contributed by atoms with E-state index >= 15 is 0 Å². The van der Waals surface area contributed by atoms with Crippen LogP contribution in [0.3, 0.4) is 0 Å². The molecule has 0 aliphatic heterocycles. The molecule has 106 valence electrons. The van der Waals surface area contributed by atoms with Crippen molar-refractivity contribution in [3.05, 3.63) is 45.7 Å². The summed E-state index contributed by atoms with van der Waals surface area (Å²) in [6.45, 7) is 7.74. The Labute approximate surface area is 118 Å². The molecule has 2 rings (SSSR count). The Kier molecular flexibility index (Phi) is 3.93. The molecule has 0 spiro atoms. The molecular weight excluding hydrogens is 252 g/mol. The Balaban J connectivity index is 2.44. The number of aromatic amines is 1. The summed E-state index contributed by atoms with van der Waals surface area (Å²) in [6.07, 6.45) is 0. The van der Waals surface area contributed by atoms with E-state index in [2.05, 4.69) is 4.98 Å². The quantitative estimate of drug-likeness (QED) is 0.933. The molecule has 0 aliphatic carbocycles. The van der Waals surface area contributed by atoms with Crippen LogP contribution in [0.4, 0.5) is 0 Å². The zero-order chi connectivity index (χ0) is 14.9. The zero-order valence-electron chi connectivity index (χ0n) is 12.4. The molecule has 0 saturated heterocycles. The summed E-state index contributed by atoms with van der Waals surface area (Å²) >= 11 is 0. The van der Waals surface area contributed by atoms with Crippen LogP contribution in [-0.2, 0) is 11.3 Å². The topological polar surface area (TPSA) is 53.2 Å². The number of H-pyrrole nitrogens is 1. The Morgan fingerprint density at radius 2 is 2.00 bits per heavy atom. The van der Waals surface area contributed by atoms with E-state index in [9.17, 15) is 9.59 Å². The number of aryl methyl sites for hydroxylation is 1. The normalized spacial score (nSPS) is 11.1. The van der Waals surface area contributed by atoms with Crippen molar-refractivity contribution in [1.29, 1.82) is 0 Å². The number of hydrogen-bond donors (Lipinski definition) is 1. The minimum atomic E-state index is -0.130. The molecule has 0 fully saturated rings. The molecule has 1 amide bonds. The molecule has 0 unspecified atom stereocenters. The van der Waals surface area contributed by atoms with E-state index in [0.717, 1.165) is 16.5 Å². The molecule has 0 aliphatic rings. The molecule has 0 atom stereocenters. The van der Waals surface area contributed by atoms with Gasteiger partial charge in [-0.3, -0.25) is 9.59 Å². The van der Waals surface area contributed by atoms with Crippen molar-refractivity contribution in [2.45, 2.75) is 40.3 Å². The highest BCUT2D eigenvalue weighted by atomic mass is 16.2. The molecule has 1 N–H and O–H groups in total. The first-order chi connectivity index (χ1) is 9.38. The van der Waals surface area contributed by atoms with Crippen molar-refractivity contribution in [3.63, 3.8) is 0 Å². The molecule has 1 aromatic carbocycles. The first-order valence-electron chi connectivity index (χ1n) is 6.78. The number of carbonyl (C=O) groups is 1. The Hall–Kier alpha value is -2.10. The highest BCUT2D eigenvalue weighted by molar-refractivity contribution is 5.80. The summed E-state index contributed by atoms with van der Waals surface area (Å²) in [5.41, 5.74) is 2.42. The van der Waals surface area contributed by atoms with E-state index in [0.29, 0.717) is 12.1 Å². The Morgan fingerprint density at radius 3 is 2.60 bits per heavy atom. The van der Waals surface area contributed by atoms with Crippen LogP contribution in [0.15, 0.2) is 29.1 Å². The molecule has 2 aromatic rings. The average molecular weight is 272 g/mol. The fourth-order valence-electron chi connectivity index (χ4n) is 2.32. The van der Waals surface area contributed by atoms with Crippen molar-refractivity contribution in [1.82, 2.24) is 9.88 Å². The van der Waals surface area contributed by atoms with Gasteiger partial charge >= 0.3 is 0 Å². The number of amides is 1. The number of pyridine rings is 1. The van der Waals surface area contributed by atoms with Crippen LogP contribution in [-0.4, -0.2) is 21.8 Å². The van der Waals surface area contributed by atoms with Gasteiger partial charge in [0, 0.05) is 24.0 Å². The fourth-order valence-corrected chi connectivity index (χ4v) is 2.32. The van der Waals surface area contributed by atoms with Crippen LogP contribution in [0, 0.1) is 6.92 Å². The SMILES string of the molecule is CC(=O)N(Cc1cc2ccc(C)cc2[nH]c1=O)C(C)C. The van der Waals surface area contributed by atoms with E-state index < -0.39 is 0 Å². The number of rotatable bonds is 3. The second-order valence-corrected chi connectivity index (χ2v) is 5.46. The van der Waals surface area contributed by atoms with Crippen LogP contribution in [0.2, 0.25) is 0 Å². The number of nitrogens with zero attached hydrogens (tertiary/aromatic N) is 1. The maximum absolute atomic E-state index is 12.1. The van der Waals surface area contributed by atoms with Gasteiger partial charge in [0.25, 0.3) is 5.56 Å². The van der Waals surface area contributed by atoms with E-state index in [1.165, 1.54) is 6.92 Å². The van der Waals surface area contributed by atoms with Gasteiger partial charge in [-0.2, -0.15) is 0 Å². The highest BCUT2D eigenvalue weighted by Gasteiger charge is 2.15. The lowest BCUT2D eigenvalue weighted by atomic mass is 10.1. The molecule has 1 heterocycles. The maximum Gasteiger partial charge on any atom is 0.253 e. The fraction of sp³-hybridized carbons (Fsp3) is 0.375. The van der Waals surface area contributed by atoms with Gasteiger partial charge < -0.3 is 9.88 Å². The number of hydrogen-bond acceptors (Lipinski definition) is 2. The molecule has 4 heteroatoms. The molecule has 0 bridgehead atoms. The van der Waals surface area contributed by atoms with Gasteiger partial charge in [-0.25, -0.2) is 0 Å². The van der Waals surface area contributed by atoms with Gasteiger partial charge in [-0.15, -0.1) is 0 Å². The van der Waals surface area contributed by atoms with Gasteiger partial charge in [0.15, 0.2) is 0 Å². The lowest BCUT2D eigenvalue weighted by Crippen LogP contribution is -2.36. The summed E-state index contributed by atoms with van der Waals surface area (Å²) in [5, 5.41) is 0.984. The third-order valence-corrected chi connectivity index (χ3v) is 3.45. The summed E-state index contributed by atoms with van der Waals surface area (Å²) < 4.78 is 0. The highest BCUT2D eigenvalue weighted by Crippen LogP contribution is 2.14. The number of fused-ring (bicyclic) bond motifs is 1. The molecular formula is C16H20N2O2. The lowest BCUT2D eigenvalue weighted by Gasteiger charge is -2.25. The minimum absolute atomic E-state index is 0.0246. The summed E-state index contributed by atoms with van der Waals surface area (Å²) in [5.74, 6) is -0.0246. The van der Waals surface area contributed by atoms with E-state index in [1.54, 1.807) is 4.90 Å². The zero-order valence-corrected chi connectivity index (χ0v) is 12.4. The number of aromatic nitrogens is 1. The standard InChI is InChI=1S/C16H20N2O2/c1-10(2)18(12(4)19)9-14-8-13-6-5-11(3)7-15(13)17-16(14)20/h5-8,10H,9H2,1-4H3,(H,17,20). The van der Waals surface area contributed by atoms with Gasteiger partial charge in [0.1, 0.15) is 0 Å². The molecule has 20 heavy (non-hydrogen) atoms. The third kappa shape index (κ3) is 2.90. The number of benzene rings is 1. The maximum atomic E-state index is 12.1. The van der Waals surface area contributed by atoms with Crippen LogP contribution in [0.1, 0.15) is 31.9 Å². The summed E-state index contributed by atoms with van der Waals surface area (Å²) in [4.78, 5) is 28.3. The Bertz CT molecular complexity index is 701. The van der Waals surface area contributed by atoms with Crippen molar-refractivity contribution >= 4 is 16.8 Å². The van der Waals surface area contributed by atoms with Gasteiger partial charge in [-0.1, -0.05) is 12.1 Å². The van der Waals surface area contributed by atoms with Crippen molar-refractivity contribution < 1.29 is 4.79 Å². The smallest absolute Gasteiger partial charge is 0.253 e. The number of nitrogens with one attached hydrogen (secondary N) is 1. The Morgan fingerprint density at radius 1 is 1.30 bits per heavy atom. The predicted octanol–water partition coefficient (Wildman–Crippen LogP) is 2.59. The van der Waals surface area contributed by atoms with E-state index in [1.807, 2.05) is 45.0 Å².